The van der Waals surface area contributed by atoms with E-state index in [-0.39, 0.29) is 5.91 Å². The normalized spacial score (nSPS) is 14.0. The number of benzene rings is 2. The second-order valence-electron chi connectivity index (χ2n) is 6.89. The van der Waals surface area contributed by atoms with Crippen LogP contribution in [0.1, 0.15) is 16.1 Å². The lowest BCUT2D eigenvalue weighted by atomic mass is 10.2. The largest absolute Gasteiger partial charge is 0.368 e. The molecule has 0 radical (unpaired) electrons. The lowest BCUT2D eigenvalue weighted by Gasteiger charge is -2.36. The molecule has 0 spiro atoms. The van der Waals surface area contributed by atoms with Crippen LogP contribution in [0, 0.1) is 6.92 Å². The molecule has 1 aromatic heterocycles. The van der Waals surface area contributed by atoms with Crippen molar-refractivity contribution in [2.45, 2.75) is 6.92 Å². The molecule has 0 unspecified atom stereocenters. The van der Waals surface area contributed by atoms with E-state index >= 15 is 0 Å². The van der Waals surface area contributed by atoms with Gasteiger partial charge >= 0.3 is 0 Å². The molecule has 0 bridgehead atoms. The first kappa shape index (κ1) is 18.0. The van der Waals surface area contributed by atoms with E-state index in [2.05, 4.69) is 49.4 Å². The first-order valence-electron chi connectivity index (χ1n) is 9.44. The van der Waals surface area contributed by atoms with Gasteiger partial charge in [-0.25, -0.2) is 9.97 Å². The van der Waals surface area contributed by atoms with Gasteiger partial charge in [0.25, 0.3) is 5.91 Å². The Morgan fingerprint density at radius 2 is 1.64 bits per heavy atom. The maximum absolute atomic E-state index is 12.6. The van der Waals surface area contributed by atoms with Crippen LogP contribution in [-0.4, -0.2) is 42.1 Å². The van der Waals surface area contributed by atoms with Crippen molar-refractivity contribution in [3.8, 4) is 0 Å². The van der Waals surface area contributed by atoms with E-state index in [9.17, 15) is 4.79 Å². The van der Waals surface area contributed by atoms with Crippen molar-refractivity contribution >= 4 is 23.1 Å². The summed E-state index contributed by atoms with van der Waals surface area (Å²) in [6.45, 7) is 5.53. The van der Waals surface area contributed by atoms with Crippen molar-refractivity contribution in [3.05, 3.63) is 78.2 Å². The van der Waals surface area contributed by atoms with Crippen LogP contribution in [0.4, 0.5) is 17.2 Å². The summed E-state index contributed by atoms with van der Waals surface area (Å²) in [7, 11) is 0. The first-order valence-corrected chi connectivity index (χ1v) is 9.44. The molecule has 4 rings (SSSR count). The molecule has 0 atom stereocenters. The van der Waals surface area contributed by atoms with Crippen molar-refractivity contribution in [2.75, 3.05) is 41.3 Å². The minimum absolute atomic E-state index is 0.225. The molecule has 0 aliphatic carbocycles. The van der Waals surface area contributed by atoms with Crippen LogP contribution in [0.2, 0.25) is 0 Å². The monoisotopic (exact) mass is 373 g/mol. The number of aromatic nitrogens is 2. The fourth-order valence-electron chi connectivity index (χ4n) is 3.39. The number of hydrogen-bond acceptors (Lipinski definition) is 5. The zero-order chi connectivity index (χ0) is 19.3. The van der Waals surface area contributed by atoms with E-state index in [0.29, 0.717) is 5.69 Å². The Bertz CT molecular complexity index is 952. The van der Waals surface area contributed by atoms with Crippen LogP contribution >= 0.6 is 0 Å². The van der Waals surface area contributed by atoms with Crippen LogP contribution in [0.3, 0.4) is 0 Å². The summed E-state index contributed by atoms with van der Waals surface area (Å²) in [4.78, 5) is 25.7. The molecule has 1 aliphatic heterocycles. The molecule has 28 heavy (non-hydrogen) atoms. The second kappa shape index (κ2) is 8.08. The van der Waals surface area contributed by atoms with E-state index in [1.54, 1.807) is 6.07 Å². The third-order valence-corrected chi connectivity index (χ3v) is 4.89. The predicted molar refractivity (Wildman–Crippen MR) is 112 cm³/mol. The highest BCUT2D eigenvalue weighted by Gasteiger charge is 2.19. The molecular formula is C22H23N5O. The molecule has 0 saturated carbocycles. The number of nitrogens with one attached hydrogen (secondary N) is 1. The van der Waals surface area contributed by atoms with Crippen LogP contribution in [-0.2, 0) is 0 Å². The molecule has 2 aromatic carbocycles. The van der Waals surface area contributed by atoms with Crippen molar-refractivity contribution in [1.82, 2.24) is 9.97 Å². The van der Waals surface area contributed by atoms with Gasteiger partial charge in [0.05, 0.1) is 0 Å². The molecule has 1 saturated heterocycles. The number of rotatable bonds is 4. The van der Waals surface area contributed by atoms with Gasteiger partial charge in [-0.1, -0.05) is 30.3 Å². The summed E-state index contributed by atoms with van der Waals surface area (Å²) in [6, 6.07) is 19.9. The third-order valence-electron chi connectivity index (χ3n) is 4.89. The van der Waals surface area contributed by atoms with Gasteiger partial charge in [-0.05, 0) is 36.8 Å². The SMILES string of the molecule is Cc1cccc(NC(=O)c2cc(N3CCN(c4ccccc4)CC3)ncn2)c1. The quantitative estimate of drug-likeness (QED) is 0.760. The molecule has 1 N–H and O–H groups in total. The van der Waals surface area contributed by atoms with Gasteiger partial charge in [0.15, 0.2) is 0 Å². The summed E-state index contributed by atoms with van der Waals surface area (Å²) >= 11 is 0. The van der Waals surface area contributed by atoms with E-state index < -0.39 is 0 Å². The highest BCUT2D eigenvalue weighted by atomic mass is 16.1. The molecule has 1 amide bonds. The average Bonchev–Trinajstić information content (AvgIpc) is 2.75. The summed E-state index contributed by atoms with van der Waals surface area (Å²) in [6.07, 6.45) is 1.46. The number of amides is 1. The zero-order valence-electron chi connectivity index (χ0n) is 15.9. The van der Waals surface area contributed by atoms with Gasteiger partial charge in [0, 0.05) is 43.6 Å². The Balaban J connectivity index is 1.42. The van der Waals surface area contributed by atoms with E-state index in [0.717, 1.165) is 43.2 Å². The summed E-state index contributed by atoms with van der Waals surface area (Å²) in [5.41, 5.74) is 3.47. The molecule has 1 aliphatic rings. The first-order chi connectivity index (χ1) is 13.7. The Morgan fingerprint density at radius 1 is 0.893 bits per heavy atom. The van der Waals surface area contributed by atoms with Gasteiger partial charge < -0.3 is 15.1 Å². The van der Waals surface area contributed by atoms with E-state index in [1.807, 2.05) is 37.3 Å². The summed E-state index contributed by atoms with van der Waals surface area (Å²) < 4.78 is 0. The Kier molecular flexibility index (Phi) is 5.19. The lowest BCUT2D eigenvalue weighted by molar-refractivity contribution is 0.102. The van der Waals surface area contributed by atoms with Gasteiger partial charge in [-0.2, -0.15) is 0 Å². The number of nitrogens with zero attached hydrogens (tertiary/aromatic N) is 4. The molecule has 1 fully saturated rings. The number of carbonyl (C=O) groups is 1. The number of anilines is 3. The van der Waals surface area contributed by atoms with Crippen molar-refractivity contribution in [1.29, 1.82) is 0 Å². The lowest BCUT2D eigenvalue weighted by Crippen LogP contribution is -2.46. The summed E-state index contributed by atoms with van der Waals surface area (Å²) in [5.74, 6) is 0.564. The highest BCUT2D eigenvalue weighted by Crippen LogP contribution is 2.19. The molecule has 6 nitrogen and oxygen atoms in total. The fraction of sp³-hybridized carbons (Fsp3) is 0.227. The van der Waals surface area contributed by atoms with Gasteiger partial charge in [0.2, 0.25) is 0 Å². The Hall–Kier alpha value is -3.41. The third kappa shape index (κ3) is 4.11. The van der Waals surface area contributed by atoms with Gasteiger partial charge in [-0.3, -0.25) is 4.79 Å². The van der Waals surface area contributed by atoms with Gasteiger partial charge in [-0.15, -0.1) is 0 Å². The highest BCUT2D eigenvalue weighted by molar-refractivity contribution is 6.03. The molecule has 142 valence electrons. The molecule has 3 aromatic rings. The van der Waals surface area contributed by atoms with Gasteiger partial charge in [0.1, 0.15) is 17.8 Å². The van der Waals surface area contributed by atoms with Crippen molar-refractivity contribution in [2.24, 2.45) is 0 Å². The van der Waals surface area contributed by atoms with Crippen molar-refractivity contribution < 1.29 is 4.79 Å². The Morgan fingerprint density at radius 3 is 2.39 bits per heavy atom. The standard InChI is InChI=1S/C22H23N5O/c1-17-6-5-7-18(14-17)25-22(28)20-15-21(24-16-23-20)27-12-10-26(11-13-27)19-8-3-2-4-9-19/h2-9,14-16H,10-13H2,1H3,(H,25,28). The smallest absolute Gasteiger partial charge is 0.274 e. The predicted octanol–water partition coefficient (Wildman–Crippen LogP) is 3.36. The molecular weight excluding hydrogens is 350 g/mol. The van der Waals surface area contributed by atoms with Crippen LogP contribution in [0.25, 0.3) is 0 Å². The Labute approximate surface area is 164 Å². The van der Waals surface area contributed by atoms with Crippen LogP contribution in [0.15, 0.2) is 67.0 Å². The minimum Gasteiger partial charge on any atom is -0.368 e. The number of aryl methyl sites for hydroxylation is 1. The van der Waals surface area contributed by atoms with Crippen LogP contribution in [0.5, 0.6) is 0 Å². The maximum atomic E-state index is 12.6. The van der Waals surface area contributed by atoms with Crippen LogP contribution < -0.4 is 15.1 Å². The van der Waals surface area contributed by atoms with E-state index in [4.69, 9.17) is 0 Å². The number of carbonyl (C=O) groups excluding carboxylic acids is 1. The maximum Gasteiger partial charge on any atom is 0.274 e. The second-order valence-corrected chi connectivity index (χ2v) is 6.89. The number of para-hydroxylation sites is 1. The molecule has 6 heteroatoms. The topological polar surface area (TPSA) is 61.4 Å². The number of hydrogen-bond donors (Lipinski definition) is 1. The zero-order valence-corrected chi connectivity index (χ0v) is 15.9. The number of piperazine rings is 1. The summed E-state index contributed by atoms with van der Waals surface area (Å²) in [5, 5.41) is 2.90. The van der Waals surface area contributed by atoms with E-state index in [1.165, 1.54) is 12.0 Å². The molecule has 2 heterocycles. The van der Waals surface area contributed by atoms with Crippen molar-refractivity contribution in [3.63, 3.8) is 0 Å². The minimum atomic E-state index is -0.225. The fourth-order valence-corrected chi connectivity index (χ4v) is 3.39. The average molecular weight is 373 g/mol.